The quantitative estimate of drug-likeness (QED) is 0.899. The van der Waals surface area contributed by atoms with Gasteiger partial charge in [0.2, 0.25) is 11.8 Å². The van der Waals surface area contributed by atoms with Crippen molar-refractivity contribution >= 4 is 17.6 Å². The molecule has 0 saturated carbocycles. The number of aromatic nitrogens is 2. The molecule has 1 N–H and O–H groups in total. The minimum atomic E-state index is -0.267. The number of likely N-dealkylation sites (tertiary alicyclic amines) is 1. The van der Waals surface area contributed by atoms with Crippen LogP contribution in [0.15, 0.2) is 6.07 Å². The number of aryl methyl sites for hydroxylation is 2. The van der Waals surface area contributed by atoms with Gasteiger partial charge in [-0.05, 0) is 12.8 Å². The van der Waals surface area contributed by atoms with E-state index in [0.29, 0.717) is 31.2 Å². The van der Waals surface area contributed by atoms with E-state index in [1.54, 1.807) is 16.6 Å². The maximum Gasteiger partial charge on any atom is 0.230 e. The van der Waals surface area contributed by atoms with Crippen LogP contribution in [0.2, 0.25) is 0 Å². The molecule has 2 rings (SSSR count). The summed E-state index contributed by atoms with van der Waals surface area (Å²) in [5, 5.41) is 7.03. The largest absolute Gasteiger partial charge is 0.342 e. The third kappa shape index (κ3) is 3.18. The number of nitrogens with one attached hydrogen (secondary N) is 1. The van der Waals surface area contributed by atoms with E-state index in [2.05, 4.69) is 24.3 Å². The molecule has 0 unspecified atom stereocenters. The average molecular weight is 278 g/mol. The molecule has 2 amide bonds. The second-order valence-electron chi connectivity index (χ2n) is 5.88. The molecule has 6 heteroatoms. The van der Waals surface area contributed by atoms with E-state index < -0.39 is 0 Å². The molecular weight excluding hydrogens is 256 g/mol. The summed E-state index contributed by atoms with van der Waals surface area (Å²) in [6, 6.07) is 1.82. The lowest BCUT2D eigenvalue weighted by Gasteiger charge is -2.18. The molecule has 1 aromatic heterocycles. The van der Waals surface area contributed by atoms with Gasteiger partial charge in [0.05, 0.1) is 11.6 Å². The SMILES string of the molecule is Cc1cc(NC(=O)[C@@H]2CC(=O)N(CC(C)C)C2)n(C)n1. The van der Waals surface area contributed by atoms with Gasteiger partial charge in [-0.2, -0.15) is 5.10 Å². The minimum Gasteiger partial charge on any atom is -0.342 e. The maximum absolute atomic E-state index is 12.2. The first kappa shape index (κ1) is 14.6. The molecular formula is C14H22N4O2. The fraction of sp³-hybridized carbons (Fsp3) is 0.643. The zero-order valence-corrected chi connectivity index (χ0v) is 12.5. The van der Waals surface area contributed by atoms with E-state index in [4.69, 9.17) is 0 Å². The summed E-state index contributed by atoms with van der Waals surface area (Å²) >= 11 is 0. The standard InChI is InChI=1S/C14H22N4O2/c1-9(2)7-18-8-11(6-13(18)19)14(20)15-12-5-10(3)16-17(12)4/h5,9,11H,6-8H2,1-4H3,(H,15,20)/t11-/m1/s1. The van der Waals surface area contributed by atoms with Gasteiger partial charge in [-0.1, -0.05) is 13.8 Å². The molecule has 0 bridgehead atoms. The highest BCUT2D eigenvalue weighted by atomic mass is 16.2. The number of nitrogens with zero attached hydrogens (tertiary/aromatic N) is 3. The zero-order valence-electron chi connectivity index (χ0n) is 12.5. The number of anilines is 1. The molecule has 6 nitrogen and oxygen atoms in total. The van der Waals surface area contributed by atoms with Gasteiger partial charge in [-0.25, -0.2) is 0 Å². The lowest BCUT2D eigenvalue weighted by atomic mass is 10.1. The van der Waals surface area contributed by atoms with Crippen molar-refractivity contribution in [3.8, 4) is 0 Å². The number of hydrogen-bond donors (Lipinski definition) is 1. The van der Waals surface area contributed by atoms with Gasteiger partial charge in [0.15, 0.2) is 0 Å². The second-order valence-corrected chi connectivity index (χ2v) is 5.88. The highest BCUT2D eigenvalue weighted by Crippen LogP contribution is 2.21. The molecule has 0 spiro atoms. The van der Waals surface area contributed by atoms with Crippen molar-refractivity contribution in [1.82, 2.24) is 14.7 Å². The Balaban J connectivity index is 1.97. The molecule has 2 heterocycles. The van der Waals surface area contributed by atoms with Crippen molar-refractivity contribution in [2.75, 3.05) is 18.4 Å². The van der Waals surface area contributed by atoms with Crippen molar-refractivity contribution in [2.24, 2.45) is 18.9 Å². The van der Waals surface area contributed by atoms with Crippen LogP contribution in [0.25, 0.3) is 0 Å². The Morgan fingerprint density at radius 2 is 2.25 bits per heavy atom. The van der Waals surface area contributed by atoms with Crippen LogP contribution in [0.1, 0.15) is 26.0 Å². The van der Waals surface area contributed by atoms with Crippen LogP contribution in [0, 0.1) is 18.8 Å². The van der Waals surface area contributed by atoms with E-state index in [0.717, 1.165) is 5.69 Å². The monoisotopic (exact) mass is 278 g/mol. The Labute approximate surface area is 119 Å². The molecule has 1 atom stereocenters. The highest BCUT2D eigenvalue weighted by Gasteiger charge is 2.34. The molecule has 110 valence electrons. The predicted molar refractivity (Wildman–Crippen MR) is 76.1 cm³/mol. The van der Waals surface area contributed by atoms with Crippen molar-refractivity contribution in [1.29, 1.82) is 0 Å². The number of carbonyl (C=O) groups is 2. The van der Waals surface area contributed by atoms with Crippen LogP contribution >= 0.6 is 0 Å². The Morgan fingerprint density at radius 3 is 2.80 bits per heavy atom. The summed E-state index contributed by atoms with van der Waals surface area (Å²) in [5.74, 6) is 0.784. The van der Waals surface area contributed by atoms with E-state index >= 15 is 0 Å². The van der Waals surface area contributed by atoms with Gasteiger partial charge >= 0.3 is 0 Å². The normalized spacial score (nSPS) is 18.9. The minimum absolute atomic E-state index is 0.0695. The van der Waals surface area contributed by atoms with Crippen molar-refractivity contribution in [3.63, 3.8) is 0 Å². The fourth-order valence-electron chi connectivity index (χ4n) is 2.52. The van der Waals surface area contributed by atoms with Crippen LogP contribution in [0.3, 0.4) is 0 Å². The first-order valence-corrected chi connectivity index (χ1v) is 6.96. The van der Waals surface area contributed by atoms with E-state index in [1.165, 1.54) is 0 Å². The van der Waals surface area contributed by atoms with E-state index in [9.17, 15) is 9.59 Å². The van der Waals surface area contributed by atoms with Gasteiger partial charge in [-0.3, -0.25) is 14.3 Å². The summed E-state index contributed by atoms with van der Waals surface area (Å²) in [5.41, 5.74) is 0.853. The van der Waals surface area contributed by atoms with Gasteiger partial charge < -0.3 is 10.2 Å². The summed E-state index contributed by atoms with van der Waals surface area (Å²) in [6.45, 7) is 7.24. The Kier molecular flexibility index (Phi) is 4.11. The molecule has 0 aromatic carbocycles. The molecule has 1 aliphatic rings. The van der Waals surface area contributed by atoms with Crippen LogP contribution in [0.4, 0.5) is 5.82 Å². The van der Waals surface area contributed by atoms with Crippen molar-refractivity contribution in [3.05, 3.63) is 11.8 Å². The lowest BCUT2D eigenvalue weighted by molar-refractivity contribution is -0.128. The van der Waals surface area contributed by atoms with E-state index in [1.807, 2.05) is 13.0 Å². The molecule has 0 aliphatic carbocycles. The second kappa shape index (κ2) is 5.64. The topological polar surface area (TPSA) is 67.2 Å². The summed E-state index contributed by atoms with van der Waals surface area (Å²) < 4.78 is 1.63. The molecule has 1 fully saturated rings. The Hall–Kier alpha value is -1.85. The number of hydrogen-bond acceptors (Lipinski definition) is 3. The third-order valence-corrected chi connectivity index (χ3v) is 3.42. The zero-order chi connectivity index (χ0) is 14.9. The van der Waals surface area contributed by atoms with Crippen molar-refractivity contribution < 1.29 is 9.59 Å². The highest BCUT2D eigenvalue weighted by molar-refractivity contribution is 5.96. The van der Waals surface area contributed by atoms with Crippen LogP contribution < -0.4 is 5.32 Å². The lowest BCUT2D eigenvalue weighted by Crippen LogP contribution is -2.31. The Bertz CT molecular complexity index is 521. The molecule has 20 heavy (non-hydrogen) atoms. The molecule has 0 radical (unpaired) electrons. The summed E-state index contributed by atoms with van der Waals surface area (Å²) in [7, 11) is 1.79. The fourth-order valence-corrected chi connectivity index (χ4v) is 2.52. The van der Waals surface area contributed by atoms with Crippen LogP contribution in [-0.2, 0) is 16.6 Å². The van der Waals surface area contributed by atoms with Crippen LogP contribution in [-0.4, -0.2) is 39.6 Å². The third-order valence-electron chi connectivity index (χ3n) is 3.42. The first-order valence-electron chi connectivity index (χ1n) is 6.96. The van der Waals surface area contributed by atoms with Crippen molar-refractivity contribution in [2.45, 2.75) is 27.2 Å². The van der Waals surface area contributed by atoms with E-state index in [-0.39, 0.29) is 17.7 Å². The average Bonchev–Trinajstić information content (AvgIpc) is 2.83. The molecule has 1 aromatic rings. The molecule has 1 saturated heterocycles. The first-order chi connectivity index (χ1) is 9.36. The Morgan fingerprint density at radius 1 is 1.55 bits per heavy atom. The van der Waals surface area contributed by atoms with Gasteiger partial charge in [-0.15, -0.1) is 0 Å². The van der Waals surface area contributed by atoms with Crippen LogP contribution in [0.5, 0.6) is 0 Å². The number of carbonyl (C=O) groups excluding carboxylic acids is 2. The van der Waals surface area contributed by atoms with Gasteiger partial charge in [0.1, 0.15) is 5.82 Å². The number of amides is 2. The smallest absolute Gasteiger partial charge is 0.230 e. The number of rotatable bonds is 4. The predicted octanol–water partition coefficient (Wildman–Crippen LogP) is 1.17. The van der Waals surface area contributed by atoms with Gasteiger partial charge in [0.25, 0.3) is 0 Å². The molecule has 1 aliphatic heterocycles. The summed E-state index contributed by atoms with van der Waals surface area (Å²) in [6.07, 6.45) is 0.301. The maximum atomic E-state index is 12.2. The van der Waals surface area contributed by atoms with Gasteiger partial charge in [0, 0.05) is 32.6 Å². The summed E-state index contributed by atoms with van der Waals surface area (Å²) in [4.78, 5) is 25.9.